The van der Waals surface area contributed by atoms with Gasteiger partial charge in [0.15, 0.2) is 0 Å². The predicted molar refractivity (Wildman–Crippen MR) is 128 cm³/mol. The van der Waals surface area contributed by atoms with Gasteiger partial charge in [0.2, 0.25) is 5.91 Å². The summed E-state index contributed by atoms with van der Waals surface area (Å²) < 4.78 is 20.2. The van der Waals surface area contributed by atoms with Crippen LogP contribution in [0, 0.1) is 5.82 Å². The molecule has 7 nitrogen and oxygen atoms in total. The lowest BCUT2D eigenvalue weighted by Gasteiger charge is -2.33. The third kappa shape index (κ3) is 6.12. The van der Waals surface area contributed by atoms with Gasteiger partial charge in [-0.25, -0.2) is 4.39 Å². The number of nitrogens with zero attached hydrogens (tertiary/aromatic N) is 1. The van der Waals surface area contributed by atoms with E-state index in [9.17, 15) is 18.8 Å². The van der Waals surface area contributed by atoms with Crippen molar-refractivity contribution in [3.63, 3.8) is 0 Å². The van der Waals surface area contributed by atoms with Crippen molar-refractivity contribution < 1.29 is 23.5 Å². The van der Waals surface area contributed by atoms with Gasteiger partial charge in [-0.1, -0.05) is 37.1 Å². The number of para-hydroxylation sites is 1. The molecule has 8 heteroatoms. The van der Waals surface area contributed by atoms with Crippen LogP contribution >= 0.6 is 0 Å². The summed E-state index contributed by atoms with van der Waals surface area (Å²) in [5.41, 5.74) is -0.371. The van der Waals surface area contributed by atoms with Gasteiger partial charge in [-0.3, -0.25) is 19.3 Å². The molecular formula is C26H32FN3O4. The number of benzene rings is 2. The summed E-state index contributed by atoms with van der Waals surface area (Å²) in [4.78, 5) is 41.0. The highest BCUT2D eigenvalue weighted by Gasteiger charge is 2.38. The zero-order chi connectivity index (χ0) is 24.9. The van der Waals surface area contributed by atoms with E-state index in [1.807, 2.05) is 0 Å². The quantitative estimate of drug-likeness (QED) is 0.629. The number of hydrogen-bond donors (Lipinski definition) is 2. The number of anilines is 1. The van der Waals surface area contributed by atoms with Crippen molar-refractivity contribution in [3.8, 4) is 5.75 Å². The number of carbonyl (C=O) groups excluding carboxylic acids is 3. The smallest absolute Gasteiger partial charge is 0.317 e. The molecule has 34 heavy (non-hydrogen) atoms. The molecule has 0 bridgehead atoms. The van der Waals surface area contributed by atoms with E-state index in [1.54, 1.807) is 51.1 Å². The first kappa shape index (κ1) is 25.2. The molecule has 0 unspecified atom stereocenters. The second kappa shape index (κ2) is 10.7. The van der Waals surface area contributed by atoms with E-state index in [1.165, 1.54) is 25.3 Å². The van der Waals surface area contributed by atoms with Crippen molar-refractivity contribution in [2.75, 3.05) is 12.0 Å². The molecule has 3 amide bonds. The van der Waals surface area contributed by atoms with Crippen molar-refractivity contribution in [1.29, 1.82) is 0 Å². The van der Waals surface area contributed by atoms with Gasteiger partial charge in [0.05, 0.1) is 12.8 Å². The third-order valence-electron chi connectivity index (χ3n) is 5.65. The van der Waals surface area contributed by atoms with Crippen LogP contribution in [-0.2, 0) is 14.4 Å². The first-order chi connectivity index (χ1) is 16.1. The standard InChI is InChI=1S/C26H32FN3O4/c1-26(2,3)29-23(31)22(17-13-15-19(34-4)16-14-17)30(21-12-8-7-11-20(21)27)25(33)24(32)28-18-9-5-6-10-18/h7-8,11-16,18,22H,5-6,9-10H2,1-4H3,(H,28,32)(H,29,31)/t22-/m0/s1. The highest BCUT2D eigenvalue weighted by atomic mass is 19.1. The number of methoxy groups -OCH3 is 1. The molecular weight excluding hydrogens is 437 g/mol. The molecule has 0 radical (unpaired) electrons. The van der Waals surface area contributed by atoms with Crippen LogP contribution in [0.2, 0.25) is 0 Å². The first-order valence-corrected chi connectivity index (χ1v) is 11.5. The molecule has 0 spiro atoms. The van der Waals surface area contributed by atoms with Crippen LogP contribution in [0.15, 0.2) is 48.5 Å². The second-order valence-corrected chi connectivity index (χ2v) is 9.50. The third-order valence-corrected chi connectivity index (χ3v) is 5.65. The SMILES string of the molecule is COc1ccc([C@@H](C(=O)NC(C)(C)C)N(C(=O)C(=O)NC2CCCC2)c2ccccc2F)cc1. The fraction of sp³-hybridized carbons (Fsp3) is 0.423. The van der Waals surface area contributed by atoms with Gasteiger partial charge in [-0.05, 0) is 63.4 Å². The van der Waals surface area contributed by atoms with Crippen molar-refractivity contribution in [1.82, 2.24) is 10.6 Å². The molecule has 2 aromatic carbocycles. The molecule has 1 fully saturated rings. The topological polar surface area (TPSA) is 87.7 Å². The van der Waals surface area contributed by atoms with Crippen molar-refractivity contribution >= 4 is 23.4 Å². The average molecular weight is 470 g/mol. The zero-order valence-corrected chi connectivity index (χ0v) is 20.1. The fourth-order valence-electron chi connectivity index (χ4n) is 4.08. The van der Waals surface area contributed by atoms with Crippen LogP contribution in [-0.4, -0.2) is 36.4 Å². The lowest BCUT2D eigenvalue weighted by atomic mass is 10.00. The Labute approximate surface area is 199 Å². The molecule has 1 aliphatic carbocycles. The highest BCUT2D eigenvalue weighted by Crippen LogP contribution is 2.32. The van der Waals surface area contributed by atoms with Crippen LogP contribution in [0.4, 0.5) is 10.1 Å². The summed E-state index contributed by atoms with van der Waals surface area (Å²) >= 11 is 0. The van der Waals surface area contributed by atoms with Crippen LogP contribution in [0.5, 0.6) is 5.75 Å². The number of nitrogens with one attached hydrogen (secondary N) is 2. The molecule has 0 aromatic heterocycles. The summed E-state index contributed by atoms with van der Waals surface area (Å²) in [6.07, 6.45) is 3.51. The summed E-state index contributed by atoms with van der Waals surface area (Å²) in [6, 6.07) is 10.8. The van der Waals surface area contributed by atoms with E-state index in [-0.39, 0.29) is 11.7 Å². The molecule has 3 rings (SSSR count). The van der Waals surface area contributed by atoms with E-state index in [0.717, 1.165) is 30.6 Å². The van der Waals surface area contributed by atoms with Crippen LogP contribution in [0.25, 0.3) is 0 Å². The lowest BCUT2D eigenvalue weighted by Crippen LogP contribution is -2.53. The van der Waals surface area contributed by atoms with Gasteiger partial charge in [-0.15, -0.1) is 0 Å². The number of hydrogen-bond acceptors (Lipinski definition) is 4. The Hall–Kier alpha value is -3.42. The molecule has 0 heterocycles. The van der Waals surface area contributed by atoms with Gasteiger partial charge in [-0.2, -0.15) is 0 Å². The molecule has 2 aromatic rings. The molecule has 0 saturated heterocycles. The number of carbonyl (C=O) groups is 3. The minimum Gasteiger partial charge on any atom is -0.497 e. The summed E-state index contributed by atoms with van der Waals surface area (Å²) in [7, 11) is 1.52. The van der Waals surface area contributed by atoms with E-state index in [4.69, 9.17) is 4.74 Å². The Morgan fingerprint density at radius 3 is 2.21 bits per heavy atom. The van der Waals surface area contributed by atoms with Crippen LogP contribution < -0.4 is 20.3 Å². The van der Waals surface area contributed by atoms with Gasteiger partial charge in [0, 0.05) is 11.6 Å². The normalized spacial score (nSPS) is 14.9. The largest absolute Gasteiger partial charge is 0.497 e. The molecule has 0 aliphatic heterocycles. The minimum atomic E-state index is -1.29. The van der Waals surface area contributed by atoms with Crippen LogP contribution in [0.3, 0.4) is 0 Å². The maximum Gasteiger partial charge on any atom is 0.317 e. The Morgan fingerprint density at radius 2 is 1.65 bits per heavy atom. The maximum absolute atomic E-state index is 15.0. The number of rotatable bonds is 6. The summed E-state index contributed by atoms with van der Waals surface area (Å²) in [6.45, 7) is 5.41. The minimum absolute atomic E-state index is 0.109. The molecule has 1 atom stereocenters. The number of amides is 3. The second-order valence-electron chi connectivity index (χ2n) is 9.50. The molecule has 1 saturated carbocycles. The van der Waals surface area contributed by atoms with Gasteiger partial charge < -0.3 is 15.4 Å². The zero-order valence-electron chi connectivity index (χ0n) is 20.1. The highest BCUT2D eigenvalue weighted by molar-refractivity contribution is 6.41. The monoisotopic (exact) mass is 469 g/mol. The Kier molecular flexibility index (Phi) is 7.91. The fourth-order valence-corrected chi connectivity index (χ4v) is 4.08. The summed E-state index contributed by atoms with van der Waals surface area (Å²) in [5, 5.41) is 5.62. The van der Waals surface area contributed by atoms with Crippen molar-refractivity contribution in [3.05, 3.63) is 59.9 Å². The van der Waals surface area contributed by atoms with E-state index in [0.29, 0.717) is 11.3 Å². The maximum atomic E-state index is 15.0. The molecule has 2 N–H and O–H groups in total. The molecule has 182 valence electrons. The lowest BCUT2D eigenvalue weighted by molar-refractivity contribution is -0.139. The number of ether oxygens (including phenoxy) is 1. The Balaban J connectivity index is 2.09. The Morgan fingerprint density at radius 1 is 1.03 bits per heavy atom. The van der Waals surface area contributed by atoms with Crippen molar-refractivity contribution in [2.24, 2.45) is 0 Å². The van der Waals surface area contributed by atoms with Crippen molar-refractivity contribution in [2.45, 2.75) is 64.1 Å². The van der Waals surface area contributed by atoms with Gasteiger partial charge in [0.25, 0.3) is 0 Å². The van der Waals surface area contributed by atoms with Gasteiger partial charge >= 0.3 is 11.8 Å². The van der Waals surface area contributed by atoms with E-state index >= 15 is 0 Å². The number of halogens is 1. The first-order valence-electron chi connectivity index (χ1n) is 11.5. The van der Waals surface area contributed by atoms with Crippen LogP contribution in [0.1, 0.15) is 58.1 Å². The van der Waals surface area contributed by atoms with Gasteiger partial charge in [0.1, 0.15) is 17.6 Å². The van der Waals surface area contributed by atoms with E-state index in [2.05, 4.69) is 10.6 Å². The van der Waals surface area contributed by atoms with E-state index < -0.39 is 35.1 Å². The molecule has 1 aliphatic rings. The summed E-state index contributed by atoms with van der Waals surface area (Å²) in [5.74, 6) is -2.56. The average Bonchev–Trinajstić information content (AvgIpc) is 3.29. The Bertz CT molecular complexity index is 1030. The predicted octanol–water partition coefficient (Wildman–Crippen LogP) is 3.88.